The summed E-state index contributed by atoms with van der Waals surface area (Å²) in [5.41, 5.74) is 1.54. The van der Waals surface area contributed by atoms with Gasteiger partial charge in [-0.25, -0.2) is 13.8 Å². The first kappa shape index (κ1) is 12.3. The highest BCUT2D eigenvalue weighted by Gasteiger charge is 2.12. The van der Waals surface area contributed by atoms with Gasteiger partial charge in [-0.15, -0.1) is 0 Å². The molecule has 3 rings (SSSR count). The molecule has 0 aliphatic carbocycles. The van der Waals surface area contributed by atoms with Crippen molar-refractivity contribution >= 4 is 22.6 Å². The maximum Gasteiger partial charge on any atom is 0.291 e. The van der Waals surface area contributed by atoms with Crippen molar-refractivity contribution in [3.8, 4) is 0 Å². The quantitative estimate of drug-likeness (QED) is 0.753. The molecule has 1 aromatic heterocycles. The number of para-hydroxylation sites is 2. The summed E-state index contributed by atoms with van der Waals surface area (Å²) in [6.45, 7) is 0. The Morgan fingerprint density at radius 3 is 2.65 bits per heavy atom. The van der Waals surface area contributed by atoms with Crippen LogP contribution in [0.4, 0.5) is 14.5 Å². The van der Waals surface area contributed by atoms with Gasteiger partial charge in [0.05, 0.1) is 11.0 Å². The van der Waals surface area contributed by atoms with Crippen molar-refractivity contribution < 1.29 is 13.6 Å². The zero-order valence-corrected chi connectivity index (χ0v) is 10.2. The SMILES string of the molecule is O=C(Nc1ccc(F)c(F)c1)c1nc2ccccc2[nH]1. The van der Waals surface area contributed by atoms with Crippen LogP contribution in [0.5, 0.6) is 0 Å². The van der Waals surface area contributed by atoms with Crippen molar-refractivity contribution in [3.05, 3.63) is 59.9 Å². The summed E-state index contributed by atoms with van der Waals surface area (Å²) in [5.74, 6) is -2.40. The Morgan fingerprint density at radius 2 is 1.90 bits per heavy atom. The molecule has 0 aliphatic rings. The number of hydrogen-bond donors (Lipinski definition) is 2. The summed E-state index contributed by atoms with van der Waals surface area (Å²) in [6, 6.07) is 10.3. The van der Waals surface area contributed by atoms with Gasteiger partial charge in [0.15, 0.2) is 17.5 Å². The number of amides is 1. The highest BCUT2D eigenvalue weighted by molar-refractivity contribution is 6.03. The second kappa shape index (κ2) is 4.73. The van der Waals surface area contributed by atoms with E-state index in [1.807, 2.05) is 6.07 Å². The predicted molar refractivity (Wildman–Crippen MR) is 70.4 cm³/mol. The van der Waals surface area contributed by atoms with Gasteiger partial charge in [0, 0.05) is 11.8 Å². The van der Waals surface area contributed by atoms with Crippen LogP contribution in [0.3, 0.4) is 0 Å². The maximum atomic E-state index is 13.0. The number of rotatable bonds is 2. The predicted octanol–water partition coefficient (Wildman–Crippen LogP) is 3.09. The molecule has 0 bridgehead atoms. The van der Waals surface area contributed by atoms with E-state index in [-0.39, 0.29) is 11.5 Å². The Morgan fingerprint density at radius 1 is 1.10 bits per heavy atom. The molecule has 1 amide bonds. The lowest BCUT2D eigenvalue weighted by Gasteiger charge is -2.03. The third-order valence-electron chi connectivity index (χ3n) is 2.78. The molecule has 0 unspecified atom stereocenters. The number of fused-ring (bicyclic) bond motifs is 1. The minimum absolute atomic E-state index is 0.107. The molecule has 0 aliphatic heterocycles. The van der Waals surface area contributed by atoms with Crippen LogP contribution < -0.4 is 5.32 Å². The van der Waals surface area contributed by atoms with Crippen molar-refractivity contribution in [2.45, 2.75) is 0 Å². The first-order valence-corrected chi connectivity index (χ1v) is 5.84. The molecule has 6 heteroatoms. The lowest BCUT2D eigenvalue weighted by atomic mass is 10.3. The van der Waals surface area contributed by atoms with Crippen molar-refractivity contribution in [1.29, 1.82) is 0 Å². The molecule has 0 fully saturated rings. The first-order chi connectivity index (χ1) is 9.63. The van der Waals surface area contributed by atoms with E-state index in [9.17, 15) is 13.6 Å². The number of carbonyl (C=O) groups excluding carboxylic acids is 1. The highest BCUT2D eigenvalue weighted by Crippen LogP contribution is 2.15. The van der Waals surface area contributed by atoms with Crippen LogP contribution in [0.1, 0.15) is 10.6 Å². The van der Waals surface area contributed by atoms with Gasteiger partial charge in [-0.05, 0) is 24.3 Å². The molecule has 0 atom stereocenters. The number of aromatic nitrogens is 2. The number of hydrogen-bond acceptors (Lipinski definition) is 2. The second-order valence-corrected chi connectivity index (χ2v) is 4.19. The maximum absolute atomic E-state index is 13.0. The lowest BCUT2D eigenvalue weighted by Crippen LogP contribution is -2.13. The summed E-state index contributed by atoms with van der Waals surface area (Å²) in [4.78, 5) is 18.9. The summed E-state index contributed by atoms with van der Waals surface area (Å²) in [5, 5.41) is 2.45. The molecule has 0 saturated carbocycles. The van der Waals surface area contributed by atoms with E-state index in [2.05, 4.69) is 15.3 Å². The zero-order chi connectivity index (χ0) is 14.1. The molecule has 2 N–H and O–H groups in total. The molecule has 0 spiro atoms. The van der Waals surface area contributed by atoms with Crippen LogP contribution >= 0.6 is 0 Å². The minimum Gasteiger partial charge on any atom is -0.334 e. The average Bonchev–Trinajstić information content (AvgIpc) is 2.87. The molecule has 0 radical (unpaired) electrons. The van der Waals surface area contributed by atoms with Gasteiger partial charge in [0.25, 0.3) is 5.91 Å². The Labute approximate surface area is 112 Å². The number of carbonyl (C=O) groups is 1. The second-order valence-electron chi connectivity index (χ2n) is 4.19. The van der Waals surface area contributed by atoms with Crippen LogP contribution in [0.2, 0.25) is 0 Å². The summed E-state index contributed by atoms with van der Waals surface area (Å²) >= 11 is 0. The Hall–Kier alpha value is -2.76. The van der Waals surface area contributed by atoms with Gasteiger partial charge < -0.3 is 10.3 Å². The monoisotopic (exact) mass is 273 g/mol. The fourth-order valence-electron chi connectivity index (χ4n) is 1.82. The number of H-pyrrole nitrogens is 1. The van der Waals surface area contributed by atoms with Gasteiger partial charge in [-0.2, -0.15) is 0 Å². The molecular formula is C14H9F2N3O. The fraction of sp³-hybridized carbons (Fsp3) is 0. The minimum atomic E-state index is -1.02. The number of aromatic amines is 1. The lowest BCUT2D eigenvalue weighted by molar-refractivity contribution is 0.101. The largest absolute Gasteiger partial charge is 0.334 e. The molecule has 100 valence electrons. The van der Waals surface area contributed by atoms with E-state index >= 15 is 0 Å². The van der Waals surface area contributed by atoms with Crippen LogP contribution in [0, 0.1) is 11.6 Å². The van der Waals surface area contributed by atoms with Gasteiger partial charge >= 0.3 is 0 Å². The standard InChI is InChI=1S/C14H9F2N3O/c15-9-6-5-8(7-10(9)16)17-14(20)13-18-11-3-1-2-4-12(11)19-13/h1-7H,(H,17,20)(H,18,19). The third kappa shape index (κ3) is 2.23. The van der Waals surface area contributed by atoms with Gasteiger partial charge in [-0.3, -0.25) is 4.79 Å². The Kier molecular flexibility index (Phi) is 2.90. The van der Waals surface area contributed by atoms with E-state index in [0.717, 1.165) is 17.6 Å². The molecular weight excluding hydrogens is 264 g/mol. The summed E-state index contributed by atoms with van der Waals surface area (Å²) in [6.07, 6.45) is 0. The normalized spacial score (nSPS) is 10.7. The highest BCUT2D eigenvalue weighted by atomic mass is 19.2. The molecule has 0 saturated heterocycles. The first-order valence-electron chi connectivity index (χ1n) is 5.84. The van der Waals surface area contributed by atoms with Crippen molar-refractivity contribution in [3.63, 3.8) is 0 Å². The molecule has 4 nitrogen and oxygen atoms in total. The van der Waals surface area contributed by atoms with E-state index in [4.69, 9.17) is 0 Å². The number of halogens is 2. The fourth-order valence-corrected chi connectivity index (χ4v) is 1.82. The topological polar surface area (TPSA) is 57.8 Å². The third-order valence-corrected chi connectivity index (χ3v) is 2.78. The van der Waals surface area contributed by atoms with Crippen LogP contribution in [-0.4, -0.2) is 15.9 Å². The Bertz CT molecular complexity index is 765. The number of nitrogens with zero attached hydrogens (tertiary/aromatic N) is 1. The number of benzene rings is 2. The Balaban J connectivity index is 1.86. The van der Waals surface area contributed by atoms with Crippen molar-refractivity contribution in [2.75, 3.05) is 5.32 Å². The molecule has 2 aromatic carbocycles. The van der Waals surface area contributed by atoms with Crippen LogP contribution in [0.15, 0.2) is 42.5 Å². The van der Waals surface area contributed by atoms with Gasteiger partial charge in [-0.1, -0.05) is 12.1 Å². The molecule has 3 aromatic rings. The number of anilines is 1. The van der Waals surface area contributed by atoms with E-state index in [1.54, 1.807) is 18.2 Å². The zero-order valence-electron chi connectivity index (χ0n) is 10.2. The van der Waals surface area contributed by atoms with Crippen LogP contribution in [-0.2, 0) is 0 Å². The molecule has 20 heavy (non-hydrogen) atoms. The smallest absolute Gasteiger partial charge is 0.291 e. The number of imidazole rings is 1. The van der Waals surface area contributed by atoms with E-state index in [1.165, 1.54) is 6.07 Å². The number of nitrogens with one attached hydrogen (secondary N) is 2. The van der Waals surface area contributed by atoms with E-state index < -0.39 is 17.5 Å². The van der Waals surface area contributed by atoms with Gasteiger partial charge in [0.1, 0.15) is 0 Å². The molecule has 1 heterocycles. The summed E-state index contributed by atoms with van der Waals surface area (Å²) < 4.78 is 25.8. The van der Waals surface area contributed by atoms with E-state index in [0.29, 0.717) is 5.52 Å². The van der Waals surface area contributed by atoms with Gasteiger partial charge in [0.2, 0.25) is 0 Å². The van der Waals surface area contributed by atoms with Crippen LogP contribution in [0.25, 0.3) is 11.0 Å². The average molecular weight is 273 g/mol. The van der Waals surface area contributed by atoms with Crippen molar-refractivity contribution in [2.24, 2.45) is 0 Å². The summed E-state index contributed by atoms with van der Waals surface area (Å²) in [7, 11) is 0. The van der Waals surface area contributed by atoms with Crippen molar-refractivity contribution in [1.82, 2.24) is 9.97 Å².